The van der Waals surface area contributed by atoms with Crippen molar-refractivity contribution in [2.45, 2.75) is 13.8 Å². The standard InChI is InChI=1S/C17H15BrClN3O2S/c1-8(2)16(23)22-17-21-12(7-25-17)11-6-10(19)9-4-5-13(24-3)14(18)15(9)20-11/h4-8H,1-3H3,(H,21,22,23). The number of hydrogen-bond donors (Lipinski definition) is 1. The topological polar surface area (TPSA) is 64.1 Å². The molecular weight excluding hydrogens is 426 g/mol. The van der Waals surface area contributed by atoms with E-state index in [0.29, 0.717) is 32.8 Å². The molecule has 2 aromatic heterocycles. The maximum atomic E-state index is 11.8. The molecule has 3 aromatic rings. The molecule has 0 bridgehead atoms. The van der Waals surface area contributed by atoms with E-state index in [1.165, 1.54) is 11.3 Å². The molecule has 8 heteroatoms. The van der Waals surface area contributed by atoms with Crippen LogP contribution in [0.3, 0.4) is 0 Å². The van der Waals surface area contributed by atoms with Gasteiger partial charge in [-0.1, -0.05) is 25.4 Å². The monoisotopic (exact) mass is 439 g/mol. The number of anilines is 1. The summed E-state index contributed by atoms with van der Waals surface area (Å²) in [7, 11) is 1.60. The van der Waals surface area contributed by atoms with Crippen LogP contribution in [0, 0.1) is 5.92 Å². The van der Waals surface area contributed by atoms with E-state index in [4.69, 9.17) is 16.3 Å². The van der Waals surface area contributed by atoms with Crippen LogP contribution in [0.5, 0.6) is 5.75 Å². The number of hydrogen-bond acceptors (Lipinski definition) is 5. The first kappa shape index (κ1) is 18.1. The summed E-state index contributed by atoms with van der Waals surface area (Å²) in [5, 5.41) is 6.57. The SMILES string of the molecule is COc1ccc2c(Cl)cc(-c3csc(NC(=O)C(C)C)n3)nc2c1Br. The summed E-state index contributed by atoms with van der Waals surface area (Å²) in [6.07, 6.45) is 0. The van der Waals surface area contributed by atoms with Crippen LogP contribution in [0.1, 0.15) is 13.8 Å². The normalized spacial score (nSPS) is 11.1. The third-order valence-corrected chi connectivity index (χ3v) is 5.41. The number of fused-ring (bicyclic) bond motifs is 1. The van der Waals surface area contributed by atoms with E-state index in [1.54, 1.807) is 13.2 Å². The van der Waals surface area contributed by atoms with E-state index >= 15 is 0 Å². The molecular formula is C17H15BrClN3O2S. The van der Waals surface area contributed by atoms with Gasteiger partial charge in [0.2, 0.25) is 5.91 Å². The molecule has 0 saturated heterocycles. The molecule has 0 fully saturated rings. The fourth-order valence-corrected chi connectivity index (χ4v) is 3.75. The number of pyridine rings is 1. The number of halogens is 2. The third kappa shape index (κ3) is 3.63. The number of nitrogens with zero attached hydrogens (tertiary/aromatic N) is 2. The van der Waals surface area contributed by atoms with Crippen LogP contribution >= 0.6 is 38.9 Å². The molecule has 0 aliphatic rings. The van der Waals surface area contributed by atoms with Gasteiger partial charge in [-0.2, -0.15) is 0 Å². The smallest absolute Gasteiger partial charge is 0.228 e. The number of benzene rings is 1. The molecule has 1 amide bonds. The highest BCUT2D eigenvalue weighted by Gasteiger charge is 2.15. The van der Waals surface area contributed by atoms with Gasteiger partial charge in [0.25, 0.3) is 0 Å². The Balaban J connectivity index is 2.03. The summed E-state index contributed by atoms with van der Waals surface area (Å²) in [5.41, 5.74) is 1.98. The molecule has 130 valence electrons. The second-order valence-corrected chi connectivity index (χ2v) is 7.71. The van der Waals surface area contributed by atoms with Crippen molar-refractivity contribution in [2.24, 2.45) is 5.92 Å². The number of carbonyl (C=O) groups is 1. The molecule has 0 saturated carbocycles. The minimum Gasteiger partial charge on any atom is -0.495 e. The van der Waals surface area contributed by atoms with E-state index in [0.717, 1.165) is 9.86 Å². The summed E-state index contributed by atoms with van der Waals surface area (Å²) in [6, 6.07) is 5.47. The average molecular weight is 441 g/mol. The van der Waals surface area contributed by atoms with Gasteiger partial charge in [0, 0.05) is 16.7 Å². The first-order valence-electron chi connectivity index (χ1n) is 7.50. The molecule has 0 unspecified atom stereocenters. The van der Waals surface area contributed by atoms with Gasteiger partial charge >= 0.3 is 0 Å². The van der Waals surface area contributed by atoms with Gasteiger partial charge in [-0.3, -0.25) is 4.79 Å². The lowest BCUT2D eigenvalue weighted by Crippen LogP contribution is -2.17. The largest absolute Gasteiger partial charge is 0.495 e. The quantitative estimate of drug-likeness (QED) is 0.592. The number of nitrogens with one attached hydrogen (secondary N) is 1. The van der Waals surface area contributed by atoms with E-state index in [1.807, 2.05) is 31.4 Å². The number of ether oxygens (including phenoxy) is 1. The predicted octanol–water partition coefficient (Wildman–Crippen LogP) is 5.38. The zero-order chi connectivity index (χ0) is 18.1. The van der Waals surface area contributed by atoms with Crippen molar-refractivity contribution in [3.8, 4) is 17.1 Å². The molecule has 0 atom stereocenters. The van der Waals surface area contributed by atoms with Gasteiger partial charge in [0.15, 0.2) is 5.13 Å². The molecule has 0 radical (unpaired) electrons. The summed E-state index contributed by atoms with van der Waals surface area (Å²) in [5.74, 6) is 0.498. The molecule has 0 aliphatic heterocycles. The van der Waals surface area contributed by atoms with E-state index in [-0.39, 0.29) is 11.8 Å². The van der Waals surface area contributed by atoms with Crippen LogP contribution in [-0.4, -0.2) is 23.0 Å². The fourth-order valence-electron chi connectivity index (χ4n) is 2.19. The van der Waals surface area contributed by atoms with Crippen molar-refractivity contribution in [3.05, 3.63) is 33.1 Å². The Hall–Kier alpha value is -1.70. The Bertz CT molecular complexity index is 958. The van der Waals surface area contributed by atoms with Gasteiger partial charge in [0.1, 0.15) is 11.4 Å². The van der Waals surface area contributed by atoms with Crippen molar-refractivity contribution < 1.29 is 9.53 Å². The van der Waals surface area contributed by atoms with Crippen molar-refractivity contribution >= 4 is 60.8 Å². The van der Waals surface area contributed by atoms with Crippen LogP contribution in [0.2, 0.25) is 5.02 Å². The molecule has 0 spiro atoms. The number of aromatic nitrogens is 2. The molecule has 2 heterocycles. The van der Waals surface area contributed by atoms with Crippen LogP contribution in [0.4, 0.5) is 5.13 Å². The summed E-state index contributed by atoms with van der Waals surface area (Å²) in [6.45, 7) is 3.67. The van der Waals surface area contributed by atoms with Crippen molar-refractivity contribution in [3.63, 3.8) is 0 Å². The van der Waals surface area contributed by atoms with Crippen molar-refractivity contribution in [1.82, 2.24) is 9.97 Å². The van der Waals surface area contributed by atoms with Crippen LogP contribution in [0.25, 0.3) is 22.3 Å². The first-order chi connectivity index (χ1) is 11.9. The highest BCUT2D eigenvalue weighted by molar-refractivity contribution is 9.10. The van der Waals surface area contributed by atoms with Crippen LogP contribution in [-0.2, 0) is 4.79 Å². The second kappa shape index (κ2) is 7.27. The van der Waals surface area contributed by atoms with Crippen molar-refractivity contribution in [2.75, 3.05) is 12.4 Å². The van der Waals surface area contributed by atoms with E-state index in [2.05, 4.69) is 31.2 Å². The molecule has 1 N–H and O–H groups in total. The highest BCUT2D eigenvalue weighted by Crippen LogP contribution is 2.37. The third-order valence-electron chi connectivity index (χ3n) is 3.57. The Morgan fingerprint density at radius 2 is 2.08 bits per heavy atom. The maximum Gasteiger partial charge on any atom is 0.228 e. The molecule has 1 aromatic carbocycles. The minimum absolute atomic E-state index is 0.0714. The van der Waals surface area contributed by atoms with Crippen LogP contribution < -0.4 is 10.1 Å². The summed E-state index contributed by atoms with van der Waals surface area (Å²) >= 11 is 11.3. The highest BCUT2D eigenvalue weighted by atomic mass is 79.9. The number of carbonyl (C=O) groups excluding carboxylic acids is 1. The molecule has 3 rings (SSSR count). The number of thiazole rings is 1. The minimum atomic E-state index is -0.107. The van der Waals surface area contributed by atoms with Gasteiger partial charge in [-0.25, -0.2) is 9.97 Å². The average Bonchev–Trinajstić information content (AvgIpc) is 3.04. The van der Waals surface area contributed by atoms with Crippen molar-refractivity contribution in [1.29, 1.82) is 0 Å². The molecule has 0 aliphatic carbocycles. The fraction of sp³-hybridized carbons (Fsp3) is 0.235. The van der Waals surface area contributed by atoms with E-state index in [9.17, 15) is 4.79 Å². The number of methoxy groups -OCH3 is 1. The first-order valence-corrected chi connectivity index (χ1v) is 9.55. The number of rotatable bonds is 4. The summed E-state index contributed by atoms with van der Waals surface area (Å²) < 4.78 is 6.05. The molecule has 25 heavy (non-hydrogen) atoms. The maximum absolute atomic E-state index is 11.8. The Morgan fingerprint density at radius 1 is 1.32 bits per heavy atom. The van der Waals surface area contributed by atoms with Gasteiger partial charge < -0.3 is 10.1 Å². The lowest BCUT2D eigenvalue weighted by atomic mass is 10.1. The Kier molecular flexibility index (Phi) is 5.27. The number of amides is 1. The van der Waals surface area contributed by atoms with Crippen LogP contribution in [0.15, 0.2) is 28.1 Å². The van der Waals surface area contributed by atoms with Gasteiger partial charge in [-0.15, -0.1) is 11.3 Å². The zero-order valence-corrected chi connectivity index (χ0v) is 16.9. The lowest BCUT2D eigenvalue weighted by Gasteiger charge is -2.09. The van der Waals surface area contributed by atoms with E-state index < -0.39 is 0 Å². The van der Waals surface area contributed by atoms with Gasteiger partial charge in [0.05, 0.1) is 27.8 Å². The molecule has 5 nitrogen and oxygen atoms in total. The lowest BCUT2D eigenvalue weighted by molar-refractivity contribution is -0.118. The summed E-state index contributed by atoms with van der Waals surface area (Å²) in [4.78, 5) is 20.9. The Morgan fingerprint density at radius 3 is 2.76 bits per heavy atom. The van der Waals surface area contributed by atoms with Gasteiger partial charge in [-0.05, 0) is 34.1 Å². The zero-order valence-electron chi connectivity index (χ0n) is 13.8. The second-order valence-electron chi connectivity index (χ2n) is 5.65. The predicted molar refractivity (Wildman–Crippen MR) is 106 cm³/mol. The Labute approximate surface area is 162 Å².